The predicted molar refractivity (Wildman–Crippen MR) is 117 cm³/mol. The number of benzene rings is 1. The van der Waals surface area contributed by atoms with Gasteiger partial charge in [-0.25, -0.2) is 4.99 Å². The molecule has 0 radical (unpaired) electrons. The summed E-state index contributed by atoms with van der Waals surface area (Å²) in [5.41, 5.74) is 1.47. The third kappa shape index (κ3) is 4.62. The van der Waals surface area contributed by atoms with Crippen molar-refractivity contribution >= 4 is 5.96 Å². The summed E-state index contributed by atoms with van der Waals surface area (Å²) in [6.07, 6.45) is 6.30. The number of hydrogen-bond acceptors (Lipinski definition) is 3. The maximum Gasteiger partial charge on any atom is 0.194 e. The maximum atomic E-state index is 5.00. The van der Waals surface area contributed by atoms with Crippen LogP contribution in [0.3, 0.4) is 0 Å². The summed E-state index contributed by atoms with van der Waals surface area (Å²) in [6.45, 7) is 7.01. The summed E-state index contributed by atoms with van der Waals surface area (Å²) in [7, 11) is 2.01. The first kappa shape index (κ1) is 19.9. The Labute approximate surface area is 174 Å². The topological polar surface area (TPSA) is 58.3 Å². The second-order valence-corrected chi connectivity index (χ2v) is 8.72. The van der Waals surface area contributed by atoms with Crippen molar-refractivity contribution in [3.8, 4) is 0 Å². The molecule has 0 spiro atoms. The predicted octanol–water partition coefficient (Wildman–Crippen LogP) is 3.64. The molecule has 6 heteroatoms. The minimum Gasteiger partial charge on any atom is -0.353 e. The molecule has 2 fully saturated rings. The largest absolute Gasteiger partial charge is 0.353 e. The highest BCUT2D eigenvalue weighted by molar-refractivity contribution is 5.80. The fourth-order valence-electron chi connectivity index (χ4n) is 4.76. The van der Waals surface area contributed by atoms with Gasteiger partial charge in [-0.2, -0.15) is 0 Å². The van der Waals surface area contributed by atoms with E-state index in [0.717, 1.165) is 30.7 Å². The van der Waals surface area contributed by atoms with Gasteiger partial charge in [-0.15, -0.1) is 10.2 Å². The van der Waals surface area contributed by atoms with Gasteiger partial charge in [0.15, 0.2) is 11.8 Å². The molecule has 2 aromatic rings. The number of aliphatic imine (C=N–C) groups is 1. The number of nitrogens with zero attached hydrogens (tertiary/aromatic N) is 5. The number of nitrogens with one attached hydrogen (secondary N) is 1. The normalized spacial score (nSPS) is 23.6. The lowest BCUT2D eigenvalue weighted by atomic mass is 9.82. The molecule has 1 aliphatic carbocycles. The fourth-order valence-corrected chi connectivity index (χ4v) is 4.76. The number of aromatic nitrogens is 3. The molecule has 156 valence electrons. The van der Waals surface area contributed by atoms with E-state index in [2.05, 4.69) is 57.7 Å². The first-order chi connectivity index (χ1) is 14.1. The van der Waals surface area contributed by atoms with Gasteiger partial charge in [0.1, 0.15) is 12.4 Å². The van der Waals surface area contributed by atoms with Crippen LogP contribution in [-0.4, -0.2) is 44.8 Å². The molecule has 4 rings (SSSR count). The Kier molecular flexibility index (Phi) is 6.16. The van der Waals surface area contributed by atoms with Crippen molar-refractivity contribution < 1.29 is 0 Å². The number of piperidine rings is 1. The van der Waals surface area contributed by atoms with Gasteiger partial charge in [-0.1, -0.05) is 50.1 Å². The van der Waals surface area contributed by atoms with Crippen LogP contribution < -0.4 is 5.32 Å². The first-order valence-corrected chi connectivity index (χ1v) is 11.1. The molecular weight excluding hydrogens is 360 g/mol. The zero-order valence-corrected chi connectivity index (χ0v) is 18.0. The fraction of sp³-hybridized carbons (Fsp3) is 0.609. The zero-order chi connectivity index (χ0) is 20.2. The average Bonchev–Trinajstić information content (AvgIpc) is 3.36. The number of likely N-dealkylation sites (tertiary alicyclic amines) is 1. The van der Waals surface area contributed by atoms with Gasteiger partial charge in [0.2, 0.25) is 0 Å². The van der Waals surface area contributed by atoms with Gasteiger partial charge in [-0.3, -0.25) is 0 Å². The molecule has 6 nitrogen and oxygen atoms in total. The molecular formula is C23H34N6. The van der Waals surface area contributed by atoms with Gasteiger partial charge in [0.05, 0.1) is 0 Å². The number of hydrogen-bond donors (Lipinski definition) is 1. The Morgan fingerprint density at radius 2 is 1.90 bits per heavy atom. The summed E-state index contributed by atoms with van der Waals surface area (Å²) < 4.78 is 2.03. The van der Waals surface area contributed by atoms with Crippen molar-refractivity contribution in [1.82, 2.24) is 25.0 Å². The summed E-state index contributed by atoms with van der Waals surface area (Å²) in [5, 5.41) is 12.2. The van der Waals surface area contributed by atoms with E-state index >= 15 is 0 Å². The highest BCUT2D eigenvalue weighted by Crippen LogP contribution is 2.32. The van der Waals surface area contributed by atoms with Crippen molar-refractivity contribution in [3.63, 3.8) is 0 Å². The van der Waals surface area contributed by atoms with Gasteiger partial charge in [0, 0.05) is 26.2 Å². The third-order valence-electron chi connectivity index (χ3n) is 6.67. The summed E-state index contributed by atoms with van der Waals surface area (Å²) >= 11 is 0. The molecule has 2 atom stereocenters. The molecule has 2 heterocycles. The molecule has 0 bridgehead atoms. The van der Waals surface area contributed by atoms with Crippen LogP contribution in [0.15, 0.2) is 35.3 Å². The molecule has 0 amide bonds. The van der Waals surface area contributed by atoms with E-state index in [0.29, 0.717) is 24.4 Å². The highest BCUT2D eigenvalue weighted by atomic mass is 15.3. The van der Waals surface area contributed by atoms with E-state index in [4.69, 9.17) is 4.99 Å². The van der Waals surface area contributed by atoms with Crippen LogP contribution in [0.2, 0.25) is 0 Å². The molecule has 29 heavy (non-hydrogen) atoms. The van der Waals surface area contributed by atoms with Crippen molar-refractivity contribution in [2.75, 3.05) is 13.1 Å². The van der Waals surface area contributed by atoms with Gasteiger partial charge in [0.25, 0.3) is 0 Å². The van der Waals surface area contributed by atoms with E-state index in [-0.39, 0.29) is 0 Å². The van der Waals surface area contributed by atoms with Crippen LogP contribution in [-0.2, 0) is 13.6 Å². The van der Waals surface area contributed by atoms with Crippen LogP contribution >= 0.6 is 0 Å². The zero-order valence-electron chi connectivity index (χ0n) is 18.0. The minimum absolute atomic E-state index is 0.553. The highest BCUT2D eigenvalue weighted by Gasteiger charge is 2.30. The SMILES string of the molecule is Cc1nnc(CN=C(NC2CCCC2)N2CCC(c3ccccc3)C(C)C2)n1C. The van der Waals surface area contributed by atoms with E-state index in [1.807, 2.05) is 18.5 Å². The number of rotatable bonds is 4. The molecule has 2 unspecified atom stereocenters. The molecule has 1 saturated carbocycles. The van der Waals surface area contributed by atoms with Crippen LogP contribution in [0.1, 0.15) is 62.2 Å². The summed E-state index contributed by atoms with van der Waals surface area (Å²) in [6, 6.07) is 11.5. The lowest BCUT2D eigenvalue weighted by molar-refractivity contribution is 0.232. The second kappa shape index (κ2) is 8.97. The average molecular weight is 395 g/mol. The second-order valence-electron chi connectivity index (χ2n) is 8.72. The van der Waals surface area contributed by atoms with Crippen LogP contribution in [0.25, 0.3) is 0 Å². The lowest BCUT2D eigenvalue weighted by Gasteiger charge is -2.39. The molecule has 2 aliphatic rings. The Morgan fingerprint density at radius 3 is 2.55 bits per heavy atom. The van der Waals surface area contributed by atoms with E-state index in [9.17, 15) is 0 Å². The lowest BCUT2D eigenvalue weighted by Crippen LogP contribution is -2.50. The van der Waals surface area contributed by atoms with E-state index in [1.54, 1.807) is 0 Å². The summed E-state index contributed by atoms with van der Waals surface area (Å²) in [5.74, 6) is 4.12. The Bertz CT molecular complexity index is 821. The van der Waals surface area contributed by atoms with E-state index < -0.39 is 0 Å². The smallest absolute Gasteiger partial charge is 0.194 e. The van der Waals surface area contributed by atoms with Crippen LogP contribution in [0, 0.1) is 12.8 Å². The molecule has 1 aromatic carbocycles. The Morgan fingerprint density at radius 1 is 1.14 bits per heavy atom. The maximum absolute atomic E-state index is 5.00. The molecule has 1 aromatic heterocycles. The van der Waals surface area contributed by atoms with Gasteiger partial charge < -0.3 is 14.8 Å². The molecule has 1 aliphatic heterocycles. The van der Waals surface area contributed by atoms with Crippen molar-refractivity contribution in [1.29, 1.82) is 0 Å². The van der Waals surface area contributed by atoms with Gasteiger partial charge >= 0.3 is 0 Å². The van der Waals surface area contributed by atoms with Crippen molar-refractivity contribution in [2.45, 2.75) is 64.5 Å². The monoisotopic (exact) mass is 394 g/mol. The number of guanidine groups is 1. The first-order valence-electron chi connectivity index (χ1n) is 11.1. The van der Waals surface area contributed by atoms with Crippen LogP contribution in [0.5, 0.6) is 0 Å². The van der Waals surface area contributed by atoms with Crippen LogP contribution in [0.4, 0.5) is 0 Å². The molecule has 1 N–H and O–H groups in total. The quantitative estimate of drug-likeness (QED) is 0.635. The Balaban J connectivity index is 1.48. The summed E-state index contributed by atoms with van der Waals surface area (Å²) in [4.78, 5) is 7.46. The van der Waals surface area contributed by atoms with E-state index in [1.165, 1.54) is 37.7 Å². The number of aryl methyl sites for hydroxylation is 1. The Hall–Kier alpha value is -2.37. The third-order valence-corrected chi connectivity index (χ3v) is 6.67. The van der Waals surface area contributed by atoms with Crippen molar-refractivity contribution in [2.24, 2.45) is 18.0 Å². The van der Waals surface area contributed by atoms with Crippen molar-refractivity contribution in [3.05, 3.63) is 47.5 Å². The molecule has 1 saturated heterocycles. The standard InChI is InChI=1S/C23H34N6/c1-17-16-29(14-13-21(17)19-9-5-4-6-10-19)23(25-20-11-7-8-12-20)24-15-22-27-26-18(2)28(22)3/h4-6,9-10,17,20-21H,7-8,11-16H2,1-3H3,(H,24,25). The van der Waals surface area contributed by atoms with Gasteiger partial charge in [-0.05, 0) is 43.6 Å². The minimum atomic E-state index is 0.553.